The Kier molecular flexibility index (Phi) is 3.62. The molecule has 0 aliphatic rings. The molecule has 4 rings (SSSR count). The summed E-state index contributed by atoms with van der Waals surface area (Å²) in [5, 5.41) is 2.56. The van der Waals surface area contributed by atoms with Crippen molar-refractivity contribution in [3.05, 3.63) is 90.6 Å². The third-order valence-corrected chi connectivity index (χ3v) is 4.64. The summed E-state index contributed by atoms with van der Waals surface area (Å²) in [6, 6.07) is 28.1. The lowest BCUT2D eigenvalue weighted by molar-refractivity contribution is -0.659. The molecule has 24 heavy (non-hydrogen) atoms. The van der Waals surface area contributed by atoms with Gasteiger partial charge in [0.15, 0.2) is 6.20 Å². The summed E-state index contributed by atoms with van der Waals surface area (Å²) in [5.41, 5.74) is 6.37. The summed E-state index contributed by atoms with van der Waals surface area (Å²) in [6.45, 7) is 2.17. The highest BCUT2D eigenvalue weighted by molar-refractivity contribution is 5.95. The second kappa shape index (κ2) is 5.93. The number of aryl methyl sites for hydroxylation is 2. The first kappa shape index (κ1) is 14.6. The number of hydrogen-bond acceptors (Lipinski definition) is 0. The van der Waals surface area contributed by atoms with Gasteiger partial charge in [0.2, 0.25) is 5.69 Å². The van der Waals surface area contributed by atoms with Crippen molar-refractivity contribution in [2.45, 2.75) is 6.92 Å². The molecule has 0 saturated carbocycles. The highest BCUT2D eigenvalue weighted by Gasteiger charge is 2.16. The topological polar surface area (TPSA) is 3.88 Å². The molecule has 1 nitrogen and oxygen atoms in total. The maximum Gasteiger partial charge on any atom is 0.220 e. The molecule has 0 N–H and O–H groups in total. The van der Waals surface area contributed by atoms with Gasteiger partial charge in [0, 0.05) is 11.6 Å². The second-order valence-electron chi connectivity index (χ2n) is 6.26. The fourth-order valence-corrected chi connectivity index (χ4v) is 3.36. The van der Waals surface area contributed by atoms with Gasteiger partial charge in [-0.1, -0.05) is 54.6 Å². The predicted molar refractivity (Wildman–Crippen MR) is 101 cm³/mol. The van der Waals surface area contributed by atoms with Gasteiger partial charge in [-0.3, -0.25) is 0 Å². The van der Waals surface area contributed by atoms with Gasteiger partial charge < -0.3 is 0 Å². The van der Waals surface area contributed by atoms with Crippen LogP contribution >= 0.6 is 0 Å². The van der Waals surface area contributed by atoms with Crippen molar-refractivity contribution in [3.63, 3.8) is 0 Å². The molecule has 0 fully saturated rings. The number of rotatable bonds is 2. The van der Waals surface area contributed by atoms with E-state index in [0.717, 1.165) is 0 Å². The van der Waals surface area contributed by atoms with Crippen LogP contribution in [0.1, 0.15) is 5.56 Å². The smallest absolute Gasteiger partial charge is 0.200 e. The minimum absolute atomic E-state index is 1.25. The van der Waals surface area contributed by atoms with Gasteiger partial charge in [0.05, 0.1) is 5.39 Å². The van der Waals surface area contributed by atoms with E-state index in [0.29, 0.717) is 0 Å². The summed E-state index contributed by atoms with van der Waals surface area (Å²) in [7, 11) is 2.12. The minimum Gasteiger partial charge on any atom is -0.200 e. The van der Waals surface area contributed by atoms with Crippen LogP contribution < -0.4 is 4.57 Å². The molecule has 0 spiro atoms. The van der Waals surface area contributed by atoms with Gasteiger partial charge in [0.25, 0.3) is 0 Å². The maximum absolute atomic E-state index is 2.28. The van der Waals surface area contributed by atoms with Gasteiger partial charge in [-0.05, 0) is 47.2 Å². The fraction of sp³-hybridized carbons (Fsp3) is 0.0870. The first-order chi connectivity index (χ1) is 11.7. The van der Waals surface area contributed by atoms with Crippen LogP contribution in [0.5, 0.6) is 0 Å². The molecular weight excluding hydrogens is 290 g/mol. The number of aromatic nitrogens is 1. The zero-order chi connectivity index (χ0) is 16.5. The molecule has 4 aromatic rings. The molecule has 1 heterocycles. The van der Waals surface area contributed by atoms with Crippen molar-refractivity contribution >= 4 is 10.8 Å². The Labute approximate surface area is 142 Å². The second-order valence-corrected chi connectivity index (χ2v) is 6.26. The van der Waals surface area contributed by atoms with E-state index in [-0.39, 0.29) is 0 Å². The molecule has 0 atom stereocenters. The summed E-state index contributed by atoms with van der Waals surface area (Å²) in [6.07, 6.45) is 2.15. The average molecular weight is 310 g/mol. The van der Waals surface area contributed by atoms with Crippen LogP contribution in [0.2, 0.25) is 0 Å². The Morgan fingerprint density at radius 1 is 0.708 bits per heavy atom. The van der Waals surface area contributed by atoms with Crippen LogP contribution in [0.3, 0.4) is 0 Å². The van der Waals surface area contributed by atoms with Crippen molar-refractivity contribution in [1.29, 1.82) is 0 Å². The van der Waals surface area contributed by atoms with Crippen LogP contribution in [0, 0.1) is 6.92 Å². The molecular formula is C23H20N+. The van der Waals surface area contributed by atoms with E-state index in [1.54, 1.807) is 0 Å². The molecule has 116 valence electrons. The third-order valence-electron chi connectivity index (χ3n) is 4.64. The van der Waals surface area contributed by atoms with Gasteiger partial charge in [-0.2, -0.15) is 0 Å². The Balaban J connectivity index is 1.96. The third kappa shape index (κ3) is 2.48. The summed E-state index contributed by atoms with van der Waals surface area (Å²) in [5.74, 6) is 0. The van der Waals surface area contributed by atoms with Crippen molar-refractivity contribution in [2.24, 2.45) is 7.05 Å². The molecule has 1 aromatic heterocycles. The van der Waals surface area contributed by atoms with E-state index in [9.17, 15) is 0 Å². The Hall–Kier alpha value is -2.93. The number of hydrogen-bond donors (Lipinski definition) is 0. The fourth-order valence-electron chi connectivity index (χ4n) is 3.36. The minimum atomic E-state index is 1.25. The van der Waals surface area contributed by atoms with Gasteiger partial charge in [0.1, 0.15) is 7.05 Å². The SMILES string of the molecule is Cc1ccccc1-c1c2ccc(-c3ccccc3)cc2cc[n+]1C. The Bertz CT molecular complexity index is 1020. The zero-order valence-electron chi connectivity index (χ0n) is 14.0. The van der Waals surface area contributed by atoms with E-state index < -0.39 is 0 Å². The molecule has 0 aliphatic carbocycles. The van der Waals surface area contributed by atoms with Crippen LogP contribution in [0.25, 0.3) is 33.2 Å². The lowest BCUT2D eigenvalue weighted by Gasteiger charge is -2.09. The number of nitrogens with zero attached hydrogens (tertiary/aromatic N) is 1. The van der Waals surface area contributed by atoms with E-state index in [2.05, 4.69) is 104 Å². The first-order valence-electron chi connectivity index (χ1n) is 8.28. The molecule has 0 aliphatic heterocycles. The quantitative estimate of drug-likeness (QED) is 0.442. The van der Waals surface area contributed by atoms with E-state index in [1.165, 1.54) is 38.7 Å². The molecule has 1 heteroatoms. The van der Waals surface area contributed by atoms with Crippen LogP contribution in [0.4, 0.5) is 0 Å². The molecule has 0 unspecified atom stereocenters. The normalized spacial score (nSPS) is 10.9. The van der Waals surface area contributed by atoms with Crippen molar-refractivity contribution in [3.8, 4) is 22.4 Å². The molecule has 0 saturated heterocycles. The lowest BCUT2D eigenvalue weighted by Crippen LogP contribution is -2.30. The van der Waals surface area contributed by atoms with Crippen molar-refractivity contribution in [2.75, 3.05) is 0 Å². The highest BCUT2D eigenvalue weighted by atomic mass is 14.9. The summed E-state index contributed by atoms with van der Waals surface area (Å²) in [4.78, 5) is 0. The monoisotopic (exact) mass is 310 g/mol. The van der Waals surface area contributed by atoms with Gasteiger partial charge in [-0.25, -0.2) is 4.57 Å². The number of fused-ring (bicyclic) bond motifs is 1. The van der Waals surface area contributed by atoms with E-state index in [4.69, 9.17) is 0 Å². The highest BCUT2D eigenvalue weighted by Crippen LogP contribution is 2.30. The predicted octanol–water partition coefficient (Wildman–Crippen LogP) is 5.31. The first-order valence-corrected chi connectivity index (χ1v) is 8.28. The Morgan fingerprint density at radius 2 is 1.46 bits per heavy atom. The molecule has 0 radical (unpaired) electrons. The zero-order valence-corrected chi connectivity index (χ0v) is 14.0. The average Bonchev–Trinajstić information content (AvgIpc) is 2.63. The number of pyridine rings is 1. The van der Waals surface area contributed by atoms with E-state index >= 15 is 0 Å². The van der Waals surface area contributed by atoms with Crippen LogP contribution in [-0.4, -0.2) is 0 Å². The van der Waals surface area contributed by atoms with Crippen LogP contribution in [0.15, 0.2) is 85.1 Å². The molecule has 3 aromatic carbocycles. The molecule has 0 amide bonds. The standard InChI is InChI=1S/C23H20N/c1-17-8-6-7-11-21(17)23-22-13-12-19(18-9-4-3-5-10-18)16-20(22)14-15-24(23)2/h3-16H,1-2H3/q+1. The molecule has 0 bridgehead atoms. The summed E-state index contributed by atoms with van der Waals surface area (Å²) < 4.78 is 2.22. The van der Waals surface area contributed by atoms with Gasteiger partial charge >= 0.3 is 0 Å². The number of benzene rings is 3. The summed E-state index contributed by atoms with van der Waals surface area (Å²) >= 11 is 0. The van der Waals surface area contributed by atoms with Crippen LogP contribution in [-0.2, 0) is 7.05 Å². The maximum atomic E-state index is 2.28. The van der Waals surface area contributed by atoms with Crippen molar-refractivity contribution in [1.82, 2.24) is 0 Å². The van der Waals surface area contributed by atoms with Gasteiger partial charge in [-0.15, -0.1) is 0 Å². The van der Waals surface area contributed by atoms with E-state index in [1.807, 2.05) is 0 Å². The Morgan fingerprint density at radius 3 is 2.25 bits per heavy atom. The largest absolute Gasteiger partial charge is 0.220 e. The lowest BCUT2D eigenvalue weighted by atomic mass is 9.97. The van der Waals surface area contributed by atoms with Crippen molar-refractivity contribution < 1.29 is 4.57 Å².